The maximum atomic E-state index is 5.87. The summed E-state index contributed by atoms with van der Waals surface area (Å²) in [7, 11) is 0. The fourth-order valence-corrected chi connectivity index (χ4v) is 1.51. The van der Waals surface area contributed by atoms with Crippen LogP contribution in [0.1, 0.15) is 34.1 Å². The summed E-state index contributed by atoms with van der Waals surface area (Å²) in [6.07, 6.45) is 1.41. The molecule has 2 heteroatoms. The summed E-state index contributed by atoms with van der Waals surface area (Å²) < 4.78 is 5.75. The Morgan fingerprint density at radius 2 is 2.08 bits per heavy atom. The molecule has 0 saturated heterocycles. The molecule has 2 atom stereocenters. The minimum Gasteiger partial charge on any atom is -0.377 e. The maximum absolute atomic E-state index is 5.87. The predicted molar refractivity (Wildman–Crippen MR) is 51.0 cm³/mol. The van der Waals surface area contributed by atoms with E-state index in [1.165, 1.54) is 0 Å². The van der Waals surface area contributed by atoms with Crippen molar-refractivity contribution in [2.24, 2.45) is 17.1 Å². The van der Waals surface area contributed by atoms with E-state index >= 15 is 0 Å². The second-order valence-electron chi connectivity index (χ2n) is 4.88. The van der Waals surface area contributed by atoms with Gasteiger partial charge in [0.1, 0.15) is 0 Å². The summed E-state index contributed by atoms with van der Waals surface area (Å²) in [5.74, 6) is 0.623. The Morgan fingerprint density at radius 1 is 1.50 bits per heavy atom. The molecule has 1 rings (SSSR count). The first-order chi connectivity index (χ1) is 5.44. The SMILES string of the molecule is CC(C)COC1CC(N)C1(C)C. The van der Waals surface area contributed by atoms with Gasteiger partial charge in [-0.25, -0.2) is 0 Å². The van der Waals surface area contributed by atoms with Crippen LogP contribution in [-0.2, 0) is 4.74 Å². The molecule has 2 nitrogen and oxygen atoms in total. The van der Waals surface area contributed by atoms with Crippen LogP contribution in [0.15, 0.2) is 0 Å². The van der Waals surface area contributed by atoms with Gasteiger partial charge in [-0.1, -0.05) is 27.7 Å². The molecule has 0 bridgehead atoms. The lowest BCUT2D eigenvalue weighted by atomic mass is 9.65. The molecule has 0 aliphatic heterocycles. The molecule has 0 heterocycles. The average Bonchev–Trinajstić information content (AvgIpc) is 1.97. The van der Waals surface area contributed by atoms with Gasteiger partial charge in [0.25, 0.3) is 0 Å². The van der Waals surface area contributed by atoms with E-state index in [-0.39, 0.29) is 5.41 Å². The topological polar surface area (TPSA) is 35.2 Å². The number of nitrogens with two attached hydrogens (primary N) is 1. The van der Waals surface area contributed by atoms with E-state index in [0.717, 1.165) is 13.0 Å². The molecular formula is C10H21NO. The van der Waals surface area contributed by atoms with Gasteiger partial charge in [-0.3, -0.25) is 0 Å². The van der Waals surface area contributed by atoms with E-state index in [0.29, 0.717) is 18.1 Å². The highest BCUT2D eigenvalue weighted by atomic mass is 16.5. The third-order valence-corrected chi connectivity index (χ3v) is 2.88. The fourth-order valence-electron chi connectivity index (χ4n) is 1.51. The monoisotopic (exact) mass is 171 g/mol. The van der Waals surface area contributed by atoms with E-state index < -0.39 is 0 Å². The van der Waals surface area contributed by atoms with Crippen LogP contribution in [0.4, 0.5) is 0 Å². The molecule has 1 aliphatic carbocycles. The van der Waals surface area contributed by atoms with Crippen LogP contribution in [0.2, 0.25) is 0 Å². The van der Waals surface area contributed by atoms with Gasteiger partial charge in [-0.2, -0.15) is 0 Å². The summed E-state index contributed by atoms with van der Waals surface area (Å²) in [5.41, 5.74) is 6.06. The second-order valence-corrected chi connectivity index (χ2v) is 4.88. The van der Waals surface area contributed by atoms with E-state index in [2.05, 4.69) is 27.7 Å². The Hall–Kier alpha value is -0.0800. The molecule has 0 amide bonds. The number of ether oxygens (including phenoxy) is 1. The third-order valence-electron chi connectivity index (χ3n) is 2.88. The van der Waals surface area contributed by atoms with Crippen LogP contribution in [0.3, 0.4) is 0 Å². The van der Waals surface area contributed by atoms with Gasteiger partial charge in [0.05, 0.1) is 6.10 Å². The Bertz CT molecular complexity index is 154. The molecule has 1 aliphatic rings. The summed E-state index contributed by atoms with van der Waals surface area (Å²) >= 11 is 0. The third kappa shape index (κ3) is 1.80. The van der Waals surface area contributed by atoms with Crippen LogP contribution >= 0.6 is 0 Å². The van der Waals surface area contributed by atoms with Crippen LogP contribution in [-0.4, -0.2) is 18.8 Å². The zero-order valence-corrected chi connectivity index (χ0v) is 8.63. The van der Waals surface area contributed by atoms with Crippen molar-refractivity contribution in [3.8, 4) is 0 Å². The first-order valence-corrected chi connectivity index (χ1v) is 4.81. The van der Waals surface area contributed by atoms with Crippen molar-refractivity contribution < 1.29 is 4.74 Å². The quantitative estimate of drug-likeness (QED) is 0.702. The van der Waals surface area contributed by atoms with Gasteiger partial charge in [-0.15, -0.1) is 0 Å². The van der Waals surface area contributed by atoms with E-state index in [4.69, 9.17) is 10.5 Å². The normalized spacial score (nSPS) is 33.5. The van der Waals surface area contributed by atoms with Gasteiger partial charge in [0.2, 0.25) is 0 Å². The lowest BCUT2D eigenvalue weighted by Gasteiger charge is -2.50. The Balaban J connectivity index is 2.28. The van der Waals surface area contributed by atoms with Gasteiger partial charge < -0.3 is 10.5 Å². The Kier molecular flexibility index (Phi) is 2.79. The molecule has 2 unspecified atom stereocenters. The van der Waals surface area contributed by atoms with Crippen LogP contribution in [0.5, 0.6) is 0 Å². The molecule has 0 radical (unpaired) electrons. The number of hydrogen-bond acceptors (Lipinski definition) is 2. The van der Waals surface area contributed by atoms with Crippen molar-refractivity contribution in [2.45, 2.75) is 46.3 Å². The van der Waals surface area contributed by atoms with E-state index in [1.807, 2.05) is 0 Å². The fraction of sp³-hybridized carbons (Fsp3) is 1.00. The van der Waals surface area contributed by atoms with Crippen molar-refractivity contribution in [2.75, 3.05) is 6.61 Å². The Labute approximate surface area is 75.5 Å². The van der Waals surface area contributed by atoms with Crippen molar-refractivity contribution in [1.82, 2.24) is 0 Å². The maximum Gasteiger partial charge on any atom is 0.0655 e. The number of rotatable bonds is 3. The minimum atomic E-state index is 0.189. The van der Waals surface area contributed by atoms with Crippen LogP contribution in [0, 0.1) is 11.3 Å². The van der Waals surface area contributed by atoms with Gasteiger partial charge in [0.15, 0.2) is 0 Å². The van der Waals surface area contributed by atoms with Crippen molar-refractivity contribution in [3.05, 3.63) is 0 Å². The molecule has 12 heavy (non-hydrogen) atoms. The second kappa shape index (κ2) is 3.35. The molecule has 0 spiro atoms. The minimum absolute atomic E-state index is 0.189. The van der Waals surface area contributed by atoms with E-state index in [1.54, 1.807) is 0 Å². The van der Waals surface area contributed by atoms with Crippen molar-refractivity contribution >= 4 is 0 Å². The van der Waals surface area contributed by atoms with Gasteiger partial charge >= 0.3 is 0 Å². The molecule has 1 saturated carbocycles. The summed E-state index contributed by atoms with van der Waals surface area (Å²) in [6.45, 7) is 9.58. The highest BCUT2D eigenvalue weighted by Gasteiger charge is 2.46. The highest BCUT2D eigenvalue weighted by Crippen LogP contribution is 2.41. The van der Waals surface area contributed by atoms with Crippen LogP contribution in [0.25, 0.3) is 0 Å². The molecular weight excluding hydrogens is 150 g/mol. The summed E-state index contributed by atoms with van der Waals surface area (Å²) in [5, 5.41) is 0. The number of hydrogen-bond donors (Lipinski definition) is 1. The lowest BCUT2D eigenvalue weighted by Crippen LogP contribution is -2.59. The van der Waals surface area contributed by atoms with Crippen LogP contribution < -0.4 is 5.73 Å². The van der Waals surface area contributed by atoms with Crippen molar-refractivity contribution in [3.63, 3.8) is 0 Å². The summed E-state index contributed by atoms with van der Waals surface area (Å²) in [4.78, 5) is 0. The molecule has 0 aromatic heterocycles. The molecule has 1 fully saturated rings. The van der Waals surface area contributed by atoms with Crippen molar-refractivity contribution in [1.29, 1.82) is 0 Å². The summed E-state index contributed by atoms with van der Waals surface area (Å²) in [6, 6.07) is 0.328. The average molecular weight is 171 g/mol. The molecule has 72 valence electrons. The molecule has 0 aromatic rings. The standard InChI is InChI=1S/C10H21NO/c1-7(2)6-12-9-5-8(11)10(9,3)4/h7-9H,5-6,11H2,1-4H3. The predicted octanol–water partition coefficient (Wildman–Crippen LogP) is 1.78. The first kappa shape index (κ1) is 10.0. The zero-order chi connectivity index (χ0) is 9.35. The lowest BCUT2D eigenvalue weighted by molar-refractivity contribution is -0.114. The Morgan fingerprint density at radius 3 is 2.42 bits per heavy atom. The first-order valence-electron chi connectivity index (χ1n) is 4.81. The van der Waals surface area contributed by atoms with Gasteiger partial charge in [-0.05, 0) is 12.3 Å². The molecule has 2 N–H and O–H groups in total. The zero-order valence-electron chi connectivity index (χ0n) is 8.63. The molecule has 0 aromatic carbocycles. The highest BCUT2D eigenvalue weighted by molar-refractivity contribution is 5.00. The largest absolute Gasteiger partial charge is 0.377 e. The van der Waals surface area contributed by atoms with E-state index in [9.17, 15) is 0 Å². The van der Waals surface area contributed by atoms with Gasteiger partial charge in [0, 0.05) is 18.1 Å². The smallest absolute Gasteiger partial charge is 0.0655 e.